The molecule has 1 rings (SSSR count). The van der Waals surface area contributed by atoms with Crippen molar-refractivity contribution >= 4 is 0 Å². The van der Waals surface area contributed by atoms with E-state index in [9.17, 15) is 0 Å². The molecule has 1 saturated heterocycles. The van der Waals surface area contributed by atoms with Crippen LogP contribution < -0.4 is 5.32 Å². The number of hydrogen-bond acceptors (Lipinski definition) is 3. The Hall–Kier alpha value is -0.120. The molecule has 1 aliphatic rings. The van der Waals surface area contributed by atoms with Crippen LogP contribution in [-0.2, 0) is 4.74 Å². The lowest BCUT2D eigenvalue weighted by molar-refractivity contribution is 0.0978. The highest BCUT2D eigenvalue weighted by Gasteiger charge is 2.12. The molecule has 1 aliphatic heterocycles. The van der Waals surface area contributed by atoms with Crippen molar-refractivity contribution < 1.29 is 4.74 Å². The van der Waals surface area contributed by atoms with Gasteiger partial charge in [-0.3, -0.25) is 4.90 Å². The summed E-state index contributed by atoms with van der Waals surface area (Å²) in [6.45, 7) is 13.1. The number of rotatable bonds is 6. The van der Waals surface area contributed by atoms with Gasteiger partial charge in [0.1, 0.15) is 0 Å². The first kappa shape index (κ1) is 13.9. The molecule has 1 heterocycles. The Balaban J connectivity index is 1.99. The van der Waals surface area contributed by atoms with Crippen LogP contribution in [0.15, 0.2) is 0 Å². The largest absolute Gasteiger partial charge is 0.380 e. The van der Waals surface area contributed by atoms with Crippen molar-refractivity contribution in [2.45, 2.75) is 39.7 Å². The Kier molecular flexibility index (Phi) is 7.01. The van der Waals surface area contributed by atoms with Gasteiger partial charge in [0.2, 0.25) is 0 Å². The van der Waals surface area contributed by atoms with Gasteiger partial charge in [-0.2, -0.15) is 0 Å². The van der Waals surface area contributed by atoms with Crippen LogP contribution in [-0.4, -0.2) is 50.3 Å². The van der Waals surface area contributed by atoms with Gasteiger partial charge in [0.15, 0.2) is 0 Å². The molecule has 1 atom stereocenters. The molecule has 0 spiro atoms. The minimum atomic E-state index is 0.673. The monoisotopic (exact) mass is 228 g/mol. The lowest BCUT2D eigenvalue weighted by Gasteiger charge is -2.19. The summed E-state index contributed by atoms with van der Waals surface area (Å²) in [5.41, 5.74) is 0. The normalized spacial score (nSPS) is 23.6. The number of ether oxygens (including phenoxy) is 1. The second kappa shape index (κ2) is 8.04. The molecule has 3 nitrogen and oxygen atoms in total. The highest BCUT2D eigenvalue weighted by molar-refractivity contribution is 4.71. The van der Waals surface area contributed by atoms with E-state index >= 15 is 0 Å². The fourth-order valence-electron chi connectivity index (χ4n) is 1.90. The van der Waals surface area contributed by atoms with Crippen LogP contribution in [0.25, 0.3) is 0 Å². The molecular weight excluding hydrogens is 200 g/mol. The topological polar surface area (TPSA) is 24.5 Å². The second-order valence-electron chi connectivity index (χ2n) is 5.28. The molecule has 16 heavy (non-hydrogen) atoms. The van der Waals surface area contributed by atoms with E-state index in [4.69, 9.17) is 4.74 Å². The van der Waals surface area contributed by atoms with Crippen molar-refractivity contribution in [3.8, 4) is 0 Å². The fourth-order valence-corrected chi connectivity index (χ4v) is 1.90. The standard InChI is InChI=1S/C13H28N2O/c1-12(2)5-10-16-11-9-15-7-4-13(3)14-6-8-15/h12-14H,4-11H2,1-3H3. The first-order valence-corrected chi connectivity index (χ1v) is 6.72. The Labute approximate surface area is 101 Å². The Morgan fingerprint density at radius 3 is 2.88 bits per heavy atom. The van der Waals surface area contributed by atoms with Crippen molar-refractivity contribution in [1.82, 2.24) is 10.2 Å². The van der Waals surface area contributed by atoms with Gasteiger partial charge >= 0.3 is 0 Å². The summed E-state index contributed by atoms with van der Waals surface area (Å²) in [5, 5.41) is 3.51. The number of nitrogens with one attached hydrogen (secondary N) is 1. The molecule has 1 fully saturated rings. The first-order valence-electron chi connectivity index (χ1n) is 6.72. The zero-order valence-corrected chi connectivity index (χ0v) is 11.2. The SMILES string of the molecule is CC(C)CCOCCN1CCNC(C)CC1. The van der Waals surface area contributed by atoms with Gasteiger partial charge in [-0.15, -0.1) is 0 Å². The Morgan fingerprint density at radius 1 is 1.31 bits per heavy atom. The first-order chi connectivity index (χ1) is 7.68. The molecule has 1 N–H and O–H groups in total. The van der Waals surface area contributed by atoms with Gasteiger partial charge < -0.3 is 10.1 Å². The molecule has 0 aromatic heterocycles. The van der Waals surface area contributed by atoms with Crippen LogP contribution in [0.2, 0.25) is 0 Å². The van der Waals surface area contributed by atoms with Crippen molar-refractivity contribution in [2.24, 2.45) is 5.92 Å². The highest BCUT2D eigenvalue weighted by atomic mass is 16.5. The van der Waals surface area contributed by atoms with Crippen LogP contribution in [0.5, 0.6) is 0 Å². The van der Waals surface area contributed by atoms with Gasteiger partial charge in [-0.1, -0.05) is 13.8 Å². The maximum absolute atomic E-state index is 5.65. The van der Waals surface area contributed by atoms with E-state index in [-0.39, 0.29) is 0 Å². The Bertz CT molecular complexity index is 173. The number of hydrogen-bond donors (Lipinski definition) is 1. The van der Waals surface area contributed by atoms with Gasteiger partial charge in [-0.25, -0.2) is 0 Å². The minimum absolute atomic E-state index is 0.673. The van der Waals surface area contributed by atoms with Crippen LogP contribution in [0.3, 0.4) is 0 Å². The van der Waals surface area contributed by atoms with Crippen LogP contribution in [0.1, 0.15) is 33.6 Å². The van der Waals surface area contributed by atoms with Gasteiger partial charge in [0, 0.05) is 32.3 Å². The molecule has 0 amide bonds. The minimum Gasteiger partial charge on any atom is -0.380 e. The smallest absolute Gasteiger partial charge is 0.0593 e. The summed E-state index contributed by atoms with van der Waals surface area (Å²) in [6.07, 6.45) is 2.44. The van der Waals surface area contributed by atoms with Crippen LogP contribution in [0, 0.1) is 5.92 Å². The van der Waals surface area contributed by atoms with Gasteiger partial charge in [0.05, 0.1) is 6.61 Å². The predicted octanol–water partition coefficient (Wildman–Crippen LogP) is 1.73. The summed E-state index contributed by atoms with van der Waals surface area (Å²) in [7, 11) is 0. The molecule has 3 heteroatoms. The van der Waals surface area contributed by atoms with E-state index in [1.807, 2.05) is 0 Å². The van der Waals surface area contributed by atoms with E-state index in [1.54, 1.807) is 0 Å². The molecule has 0 aromatic carbocycles. The average molecular weight is 228 g/mol. The van der Waals surface area contributed by atoms with Crippen molar-refractivity contribution in [2.75, 3.05) is 39.4 Å². The summed E-state index contributed by atoms with van der Waals surface area (Å²) in [4.78, 5) is 2.51. The molecule has 96 valence electrons. The van der Waals surface area contributed by atoms with E-state index in [0.29, 0.717) is 6.04 Å². The van der Waals surface area contributed by atoms with E-state index < -0.39 is 0 Å². The Morgan fingerprint density at radius 2 is 2.12 bits per heavy atom. The third-order valence-electron chi connectivity index (χ3n) is 3.19. The van der Waals surface area contributed by atoms with Crippen molar-refractivity contribution in [3.63, 3.8) is 0 Å². The quantitative estimate of drug-likeness (QED) is 0.701. The molecular formula is C13H28N2O. The maximum Gasteiger partial charge on any atom is 0.0593 e. The van der Waals surface area contributed by atoms with E-state index in [0.717, 1.165) is 38.8 Å². The lowest BCUT2D eigenvalue weighted by Crippen LogP contribution is -2.31. The van der Waals surface area contributed by atoms with Gasteiger partial charge in [-0.05, 0) is 32.2 Å². The molecule has 0 radical (unpaired) electrons. The maximum atomic E-state index is 5.65. The molecule has 0 bridgehead atoms. The van der Waals surface area contributed by atoms with E-state index in [1.165, 1.54) is 19.4 Å². The number of nitrogens with zero attached hydrogens (tertiary/aromatic N) is 1. The molecule has 1 unspecified atom stereocenters. The third-order valence-corrected chi connectivity index (χ3v) is 3.19. The zero-order valence-electron chi connectivity index (χ0n) is 11.2. The van der Waals surface area contributed by atoms with Gasteiger partial charge in [0.25, 0.3) is 0 Å². The van der Waals surface area contributed by atoms with Crippen LogP contribution >= 0.6 is 0 Å². The van der Waals surface area contributed by atoms with Crippen molar-refractivity contribution in [3.05, 3.63) is 0 Å². The fraction of sp³-hybridized carbons (Fsp3) is 1.00. The average Bonchev–Trinajstić information content (AvgIpc) is 2.43. The summed E-state index contributed by atoms with van der Waals surface area (Å²) < 4.78 is 5.65. The molecule has 0 aromatic rings. The molecule has 0 aliphatic carbocycles. The summed E-state index contributed by atoms with van der Waals surface area (Å²) >= 11 is 0. The lowest BCUT2D eigenvalue weighted by atomic mass is 10.1. The summed E-state index contributed by atoms with van der Waals surface area (Å²) in [5.74, 6) is 0.753. The predicted molar refractivity (Wildman–Crippen MR) is 68.8 cm³/mol. The van der Waals surface area contributed by atoms with Crippen LogP contribution in [0.4, 0.5) is 0 Å². The van der Waals surface area contributed by atoms with E-state index in [2.05, 4.69) is 31.0 Å². The summed E-state index contributed by atoms with van der Waals surface area (Å²) in [6, 6.07) is 0.673. The molecule has 0 saturated carbocycles. The zero-order chi connectivity index (χ0) is 11.8. The second-order valence-corrected chi connectivity index (χ2v) is 5.28. The third kappa shape index (κ3) is 6.46. The highest BCUT2D eigenvalue weighted by Crippen LogP contribution is 2.02. The van der Waals surface area contributed by atoms with Crippen molar-refractivity contribution in [1.29, 1.82) is 0 Å².